The van der Waals surface area contributed by atoms with Crippen LogP contribution in [0.5, 0.6) is 0 Å². The number of nitrogens with one attached hydrogen (secondary N) is 1. The molecule has 0 aliphatic rings. The number of nitrogens with zero attached hydrogens (tertiary/aromatic N) is 1. The van der Waals surface area contributed by atoms with Crippen LogP contribution in [0, 0.1) is 0 Å². The van der Waals surface area contributed by atoms with Crippen LogP contribution in [0.2, 0.25) is 0 Å². The normalized spacial score (nSPS) is 10.1. The highest BCUT2D eigenvalue weighted by Gasteiger charge is 2.03. The van der Waals surface area contributed by atoms with Gasteiger partial charge in [0.05, 0.1) is 13.0 Å². The van der Waals surface area contributed by atoms with Crippen molar-refractivity contribution in [2.45, 2.75) is 11.6 Å². The van der Waals surface area contributed by atoms with Crippen molar-refractivity contribution in [3.63, 3.8) is 0 Å². The van der Waals surface area contributed by atoms with Crippen molar-refractivity contribution < 1.29 is 14.6 Å². The maximum atomic E-state index is 11.0. The topological polar surface area (TPSA) is 92.3 Å². The number of ether oxygens (including phenoxy) is 1. The van der Waals surface area contributed by atoms with E-state index in [1.165, 1.54) is 24.0 Å². The summed E-state index contributed by atoms with van der Waals surface area (Å²) < 4.78 is 4.66. The molecular weight excluding hydrogens is 232 g/mol. The summed E-state index contributed by atoms with van der Waals surface area (Å²) in [7, 11) is 0. The van der Waals surface area contributed by atoms with Gasteiger partial charge in [-0.05, 0) is 0 Å². The second-order valence-electron chi connectivity index (χ2n) is 2.78. The SMILES string of the molecule is O=C(CCSc1nccc(=O)[nH]1)OCCO. The summed E-state index contributed by atoms with van der Waals surface area (Å²) in [5.41, 5.74) is -0.222. The zero-order valence-corrected chi connectivity index (χ0v) is 9.33. The molecule has 0 aromatic carbocycles. The molecule has 1 rings (SSSR count). The Morgan fingerprint density at radius 1 is 1.62 bits per heavy atom. The fraction of sp³-hybridized carbons (Fsp3) is 0.444. The first-order valence-corrected chi connectivity index (χ1v) is 5.65. The Morgan fingerprint density at radius 2 is 2.44 bits per heavy atom. The van der Waals surface area contributed by atoms with Crippen molar-refractivity contribution in [2.75, 3.05) is 19.0 Å². The summed E-state index contributed by atoms with van der Waals surface area (Å²) >= 11 is 1.27. The summed E-state index contributed by atoms with van der Waals surface area (Å²) in [6, 6.07) is 1.32. The maximum Gasteiger partial charge on any atom is 0.306 e. The summed E-state index contributed by atoms with van der Waals surface area (Å²) in [5.74, 6) is 0.0943. The Morgan fingerprint density at radius 3 is 3.12 bits per heavy atom. The average molecular weight is 244 g/mol. The number of hydrogen-bond acceptors (Lipinski definition) is 6. The van der Waals surface area contributed by atoms with Gasteiger partial charge in [0.15, 0.2) is 5.16 Å². The lowest BCUT2D eigenvalue weighted by atomic mass is 10.5. The minimum Gasteiger partial charge on any atom is -0.463 e. The monoisotopic (exact) mass is 244 g/mol. The molecule has 1 aromatic rings. The Hall–Kier alpha value is -1.34. The van der Waals surface area contributed by atoms with E-state index in [-0.39, 0.29) is 31.2 Å². The molecule has 0 aliphatic carbocycles. The molecule has 2 N–H and O–H groups in total. The molecular formula is C9H12N2O4S. The fourth-order valence-electron chi connectivity index (χ4n) is 0.888. The van der Waals surface area contributed by atoms with Crippen LogP contribution >= 0.6 is 11.8 Å². The van der Waals surface area contributed by atoms with Gasteiger partial charge in [0.2, 0.25) is 0 Å². The maximum absolute atomic E-state index is 11.0. The van der Waals surface area contributed by atoms with Gasteiger partial charge in [-0.25, -0.2) is 4.98 Å². The van der Waals surface area contributed by atoms with Gasteiger partial charge in [-0.1, -0.05) is 11.8 Å². The highest BCUT2D eigenvalue weighted by molar-refractivity contribution is 7.99. The molecule has 88 valence electrons. The van der Waals surface area contributed by atoms with Crippen molar-refractivity contribution in [2.24, 2.45) is 0 Å². The molecule has 1 heterocycles. The summed E-state index contributed by atoms with van der Waals surface area (Å²) in [4.78, 5) is 28.4. The molecule has 0 fully saturated rings. The van der Waals surface area contributed by atoms with E-state index < -0.39 is 0 Å². The van der Waals surface area contributed by atoms with Gasteiger partial charge in [-0.2, -0.15) is 0 Å². The van der Waals surface area contributed by atoms with E-state index in [1.807, 2.05) is 0 Å². The number of aliphatic hydroxyl groups excluding tert-OH is 1. The third-order valence-electron chi connectivity index (χ3n) is 1.55. The largest absolute Gasteiger partial charge is 0.463 e. The lowest BCUT2D eigenvalue weighted by Crippen LogP contribution is -2.10. The Kier molecular flexibility index (Phi) is 5.58. The van der Waals surface area contributed by atoms with Crippen LogP contribution in [-0.2, 0) is 9.53 Å². The number of aliphatic hydroxyl groups is 1. The van der Waals surface area contributed by atoms with E-state index in [0.717, 1.165) is 0 Å². The van der Waals surface area contributed by atoms with Crippen molar-refractivity contribution in [3.8, 4) is 0 Å². The number of aromatic nitrogens is 2. The van der Waals surface area contributed by atoms with E-state index in [9.17, 15) is 9.59 Å². The Bertz CT molecular complexity index is 393. The Balaban J connectivity index is 2.25. The second kappa shape index (κ2) is 7.02. The zero-order chi connectivity index (χ0) is 11.8. The first-order valence-electron chi connectivity index (χ1n) is 4.67. The van der Waals surface area contributed by atoms with Crippen molar-refractivity contribution in [1.82, 2.24) is 9.97 Å². The first kappa shape index (κ1) is 12.7. The van der Waals surface area contributed by atoms with Crippen LogP contribution in [0.4, 0.5) is 0 Å². The minimum absolute atomic E-state index is 0.0178. The van der Waals surface area contributed by atoms with Gasteiger partial charge in [-0.3, -0.25) is 9.59 Å². The van der Waals surface area contributed by atoms with E-state index in [0.29, 0.717) is 10.9 Å². The molecule has 0 aliphatic heterocycles. The number of carbonyl (C=O) groups is 1. The van der Waals surface area contributed by atoms with Crippen LogP contribution in [0.25, 0.3) is 0 Å². The fourth-order valence-corrected chi connectivity index (χ4v) is 1.66. The van der Waals surface area contributed by atoms with E-state index in [2.05, 4.69) is 14.7 Å². The van der Waals surface area contributed by atoms with Crippen LogP contribution in [0.3, 0.4) is 0 Å². The molecule has 1 aromatic heterocycles. The highest BCUT2D eigenvalue weighted by atomic mass is 32.2. The molecule has 0 atom stereocenters. The molecule has 0 saturated carbocycles. The van der Waals surface area contributed by atoms with E-state index in [4.69, 9.17) is 5.11 Å². The van der Waals surface area contributed by atoms with Crippen LogP contribution in [-0.4, -0.2) is 40.0 Å². The number of hydrogen-bond donors (Lipinski definition) is 2. The van der Waals surface area contributed by atoms with Crippen LogP contribution in [0.1, 0.15) is 6.42 Å². The third-order valence-corrected chi connectivity index (χ3v) is 2.44. The van der Waals surface area contributed by atoms with E-state index in [1.54, 1.807) is 0 Å². The summed E-state index contributed by atoms with van der Waals surface area (Å²) in [6.07, 6.45) is 1.62. The highest BCUT2D eigenvalue weighted by Crippen LogP contribution is 2.11. The molecule has 0 saturated heterocycles. The van der Waals surface area contributed by atoms with Crippen molar-refractivity contribution in [3.05, 3.63) is 22.6 Å². The summed E-state index contributed by atoms with van der Waals surface area (Å²) in [5, 5.41) is 8.89. The van der Waals surface area contributed by atoms with Gasteiger partial charge >= 0.3 is 5.97 Å². The molecule has 0 spiro atoms. The van der Waals surface area contributed by atoms with Gasteiger partial charge < -0.3 is 14.8 Å². The van der Waals surface area contributed by atoms with Gasteiger partial charge in [-0.15, -0.1) is 0 Å². The molecule has 0 amide bonds. The number of H-pyrrole nitrogens is 1. The van der Waals surface area contributed by atoms with Gasteiger partial charge in [0.25, 0.3) is 5.56 Å². The number of thioether (sulfide) groups is 1. The summed E-state index contributed by atoms with van der Waals surface area (Å²) in [6.45, 7) is -0.156. The number of aromatic amines is 1. The quantitative estimate of drug-likeness (QED) is 0.408. The molecule has 6 nitrogen and oxygen atoms in total. The lowest BCUT2D eigenvalue weighted by Gasteiger charge is -2.02. The number of carbonyl (C=O) groups excluding carboxylic acids is 1. The van der Waals surface area contributed by atoms with Gasteiger partial charge in [0.1, 0.15) is 6.61 Å². The Labute approximate surface area is 96.0 Å². The van der Waals surface area contributed by atoms with E-state index >= 15 is 0 Å². The number of esters is 1. The molecule has 0 radical (unpaired) electrons. The number of rotatable bonds is 6. The standard InChI is InChI=1S/C9H12N2O4S/c12-4-5-15-8(14)2-6-16-9-10-3-1-7(13)11-9/h1,3,12H,2,4-6H2,(H,10,11,13). The predicted octanol–water partition coefficient (Wildman–Crippen LogP) is -0.212. The zero-order valence-electron chi connectivity index (χ0n) is 8.51. The molecule has 16 heavy (non-hydrogen) atoms. The minimum atomic E-state index is -0.375. The van der Waals surface area contributed by atoms with Crippen LogP contribution < -0.4 is 5.56 Å². The van der Waals surface area contributed by atoms with Crippen LogP contribution in [0.15, 0.2) is 22.2 Å². The third kappa shape index (κ3) is 4.94. The molecule has 0 unspecified atom stereocenters. The average Bonchev–Trinajstić information content (AvgIpc) is 2.26. The molecule has 0 bridgehead atoms. The van der Waals surface area contributed by atoms with Gasteiger partial charge in [0, 0.05) is 18.0 Å². The lowest BCUT2D eigenvalue weighted by molar-refractivity contribution is -0.144. The predicted molar refractivity (Wildman–Crippen MR) is 58.2 cm³/mol. The van der Waals surface area contributed by atoms with Crippen molar-refractivity contribution in [1.29, 1.82) is 0 Å². The smallest absolute Gasteiger partial charge is 0.306 e. The first-order chi connectivity index (χ1) is 7.72. The van der Waals surface area contributed by atoms with Crippen molar-refractivity contribution >= 4 is 17.7 Å². The molecule has 7 heteroatoms. The second-order valence-corrected chi connectivity index (χ2v) is 3.87.